The smallest absolute Gasteiger partial charge is 0.312 e. The van der Waals surface area contributed by atoms with Crippen LogP contribution in [0.2, 0.25) is 0 Å². The first-order valence-corrected chi connectivity index (χ1v) is 19.5. The van der Waals surface area contributed by atoms with E-state index in [-0.39, 0.29) is 0 Å². The Labute approximate surface area is 197 Å². The molecule has 0 spiro atoms. The molecule has 0 aromatic heterocycles. The zero-order valence-electron chi connectivity index (χ0n) is 16.2. The van der Waals surface area contributed by atoms with Crippen LogP contribution in [-0.4, -0.2) is 80.4 Å². The van der Waals surface area contributed by atoms with Crippen molar-refractivity contribution in [1.29, 1.82) is 0 Å². The van der Waals surface area contributed by atoms with Crippen molar-refractivity contribution in [3.05, 3.63) is 0 Å². The first-order valence-electron chi connectivity index (χ1n) is 7.23. The fourth-order valence-electron chi connectivity index (χ4n) is 1.66. The van der Waals surface area contributed by atoms with Gasteiger partial charge in [0.2, 0.25) is 0 Å². The average Bonchev–Trinajstić information content (AvgIpc) is 2.40. The summed E-state index contributed by atoms with van der Waals surface area (Å²) in [7, 11) is -51.5. The molecule has 0 saturated carbocycles. The van der Waals surface area contributed by atoms with Crippen LogP contribution in [0.5, 0.6) is 0 Å². The lowest BCUT2D eigenvalue weighted by molar-refractivity contribution is 0.147. The van der Waals surface area contributed by atoms with Gasteiger partial charge in [0.05, 0.1) is 13.2 Å². The van der Waals surface area contributed by atoms with Gasteiger partial charge in [-0.1, -0.05) is 0 Å². The molecule has 12 N–H and O–H groups in total. The van der Waals surface area contributed by atoms with Crippen molar-refractivity contribution >= 4 is 62.1 Å². The number of nitrogens with zero attached hydrogens (tertiary/aromatic N) is 2. The monoisotopic (exact) mass is 700 g/mol. The second-order valence-corrected chi connectivity index (χ2v) is 19.4. The molecule has 218 valence electrons. The summed E-state index contributed by atoms with van der Waals surface area (Å²) in [5.74, 6) is 0. The van der Waals surface area contributed by atoms with Crippen LogP contribution in [-0.2, 0) is 54.2 Å². The number of phosphoric acid groups is 2. The predicted octanol–water partition coefficient (Wildman–Crippen LogP) is -1.57. The van der Waals surface area contributed by atoms with Crippen LogP contribution in [0.25, 0.3) is 0 Å². The van der Waals surface area contributed by atoms with Crippen LogP contribution in [0.1, 0.15) is 0 Å². The van der Waals surface area contributed by atoms with Gasteiger partial charge in [-0.3, -0.25) is 9.05 Å². The van der Waals surface area contributed by atoms with Gasteiger partial charge in [-0.2, -0.15) is 8.62 Å². The summed E-state index contributed by atoms with van der Waals surface area (Å²) < 4.78 is 104. The normalized spacial score (nSPS) is 18.3. The van der Waals surface area contributed by atoms with E-state index in [1.165, 1.54) is 0 Å². The van der Waals surface area contributed by atoms with Gasteiger partial charge in [0, 0.05) is 0 Å². The molecule has 26 nitrogen and oxygen atoms in total. The van der Waals surface area contributed by atoms with Gasteiger partial charge in [-0.25, -0.2) is 36.5 Å². The predicted molar refractivity (Wildman–Crippen MR) is 105 cm³/mol. The molecule has 36 heavy (non-hydrogen) atoms. The van der Waals surface area contributed by atoms with E-state index in [0.29, 0.717) is 0 Å². The molecule has 0 aliphatic rings. The first-order chi connectivity index (χ1) is 15.4. The van der Waals surface area contributed by atoms with Crippen LogP contribution in [0.4, 0.5) is 0 Å². The quantitative estimate of drug-likeness (QED) is 0.0678. The fraction of sp³-hybridized carbons (Fsp3) is 1.00. The van der Waals surface area contributed by atoms with Crippen molar-refractivity contribution in [2.45, 2.75) is 0 Å². The topological polar surface area (TPSA) is 423 Å². The van der Waals surface area contributed by atoms with Gasteiger partial charge in [-0.15, -0.1) is 0 Å². The Morgan fingerprint density at radius 1 is 0.417 bits per heavy atom. The van der Waals surface area contributed by atoms with E-state index < -0.39 is 83.8 Å². The van der Waals surface area contributed by atoms with Crippen LogP contribution < -0.4 is 0 Å². The second kappa shape index (κ2) is 11.9. The van der Waals surface area contributed by atoms with Crippen molar-refractivity contribution in [3.63, 3.8) is 0 Å². The van der Waals surface area contributed by atoms with Crippen molar-refractivity contribution < 1.29 is 113 Å². The maximum atomic E-state index is 12.5. The van der Waals surface area contributed by atoms with E-state index in [1.807, 2.05) is 0 Å². The summed E-state index contributed by atoms with van der Waals surface area (Å²) in [5.41, 5.74) is 0. The van der Waals surface area contributed by atoms with Crippen LogP contribution in [0.15, 0.2) is 0 Å². The molecule has 0 saturated heterocycles. The van der Waals surface area contributed by atoms with Gasteiger partial charge in [0.1, 0.15) is 0 Å². The van der Waals surface area contributed by atoms with Crippen molar-refractivity contribution in [3.8, 4) is 0 Å². The largest absolute Gasteiger partial charge is 0.477 e. The van der Waals surface area contributed by atoms with Crippen LogP contribution >= 0.6 is 62.1 Å². The molecule has 0 aromatic rings. The minimum atomic E-state index is -6.55. The number of rotatable bonds is 15. The zero-order chi connectivity index (χ0) is 29.4. The average molecular weight is 700 g/mol. The molecule has 34 heteroatoms. The summed E-state index contributed by atoms with van der Waals surface area (Å²) in [4.78, 5) is 107. The van der Waals surface area contributed by atoms with E-state index in [1.54, 1.807) is 0 Å². The van der Waals surface area contributed by atoms with Crippen molar-refractivity contribution in [2.75, 3.05) is 13.2 Å². The minimum absolute atomic E-state index is 1.74. The highest BCUT2D eigenvalue weighted by Gasteiger charge is 2.59. The van der Waals surface area contributed by atoms with Gasteiger partial charge < -0.3 is 58.7 Å². The maximum absolute atomic E-state index is 12.5. The summed E-state index contributed by atoms with van der Waals surface area (Å²) in [6.45, 7) is -3.75. The zero-order valence-corrected chi connectivity index (χ0v) is 23.3. The third-order valence-electron chi connectivity index (χ3n) is 2.38. The molecule has 0 fully saturated rings. The van der Waals surface area contributed by atoms with Crippen LogP contribution in [0, 0.1) is 0 Å². The minimum Gasteiger partial charge on any atom is -0.312 e. The molecular weight excluding hydrogens is 684 g/mol. The molecule has 0 bridgehead atoms. The van der Waals surface area contributed by atoms with Gasteiger partial charge >= 0.3 is 62.1 Å². The van der Waals surface area contributed by atoms with E-state index in [4.69, 9.17) is 58.7 Å². The Bertz CT molecular complexity index is 1030. The molecule has 0 amide bonds. The van der Waals surface area contributed by atoms with Crippen molar-refractivity contribution in [1.82, 2.24) is 8.42 Å². The summed E-state index contributed by atoms with van der Waals surface area (Å²) in [6.07, 6.45) is 0. The SMILES string of the molecule is O=P(O)(O)OP(=O)(OCCOP(=O)(OP(=O)(O)O)N(P(=O)(O)O)P(=O)(O)O)N(P(=O)(O)O)P(=O)(O)O. The highest BCUT2D eigenvalue weighted by atomic mass is 31.3. The summed E-state index contributed by atoms with van der Waals surface area (Å²) >= 11 is 0. The lowest BCUT2D eigenvalue weighted by Gasteiger charge is -2.31. The Balaban J connectivity index is 6.34. The molecule has 0 radical (unpaired) electrons. The van der Waals surface area contributed by atoms with Crippen molar-refractivity contribution in [2.24, 2.45) is 0 Å². The number of hydrogen-bond acceptors (Lipinski definition) is 12. The Kier molecular flexibility index (Phi) is 12.3. The summed E-state index contributed by atoms with van der Waals surface area (Å²) in [6, 6.07) is 0. The molecule has 0 heterocycles. The lowest BCUT2D eigenvalue weighted by Crippen LogP contribution is -2.20. The molecule has 2 atom stereocenters. The highest BCUT2D eigenvalue weighted by Crippen LogP contribution is 2.80. The highest BCUT2D eigenvalue weighted by molar-refractivity contribution is 7.82. The Hall–Kier alpha value is 1.12. The van der Waals surface area contributed by atoms with Gasteiger partial charge in [0.25, 0.3) is 0 Å². The Morgan fingerprint density at radius 2 is 0.611 bits per heavy atom. The van der Waals surface area contributed by atoms with Crippen LogP contribution in [0.3, 0.4) is 0 Å². The van der Waals surface area contributed by atoms with E-state index >= 15 is 0 Å². The first kappa shape index (κ1) is 37.1. The van der Waals surface area contributed by atoms with E-state index in [2.05, 4.69) is 17.7 Å². The molecule has 0 aliphatic carbocycles. The molecular formula is C2H16N2O24P8. The fourth-order valence-corrected chi connectivity index (χ4v) is 14.3. The number of hydrogen-bond donors (Lipinski definition) is 12. The Morgan fingerprint density at radius 3 is 0.750 bits per heavy atom. The van der Waals surface area contributed by atoms with Gasteiger partial charge in [-0.05, 0) is 8.42 Å². The lowest BCUT2D eigenvalue weighted by atomic mass is 10.8. The molecule has 0 aromatic carbocycles. The van der Waals surface area contributed by atoms with E-state index in [0.717, 1.165) is 0 Å². The molecule has 2 unspecified atom stereocenters. The third-order valence-corrected chi connectivity index (χ3v) is 17.7. The van der Waals surface area contributed by atoms with Gasteiger partial charge in [0.15, 0.2) is 0 Å². The standard InChI is InChI=1S/C2H16N2O24P8/c5-29(6,7)3(30(8,9)10)33(17,27-35(19,20)21)25-1-2-26-34(18,28-36(22,23)24)4(31(11,12)13)32(14,15)16/h1-2H2,(H2,5,6,7)(H2,8,9,10)(H2,11,12,13)(H2,14,15,16)(H2,19,20,21)(H2,22,23,24). The van der Waals surface area contributed by atoms with E-state index in [9.17, 15) is 36.5 Å². The molecule has 0 aliphatic heterocycles. The third kappa shape index (κ3) is 12.1. The summed E-state index contributed by atoms with van der Waals surface area (Å²) in [5, 5.41) is 0. The second-order valence-electron chi connectivity index (χ2n) is 5.34. The maximum Gasteiger partial charge on any atom is 0.477 e. The molecule has 0 rings (SSSR count).